The Morgan fingerprint density at radius 1 is 0.319 bits per heavy atom. The molecule has 6 heteroatoms. The number of benzene rings is 10. The van der Waals surface area contributed by atoms with Crippen LogP contribution in [0.1, 0.15) is 0 Å². The van der Waals surface area contributed by atoms with Gasteiger partial charge in [-0.1, -0.05) is 218 Å². The van der Waals surface area contributed by atoms with Crippen LogP contribution in [0, 0.1) is 0 Å². The van der Waals surface area contributed by atoms with Gasteiger partial charge in [-0.25, -0.2) is 15.0 Å². The summed E-state index contributed by atoms with van der Waals surface area (Å²) >= 11 is 0. The van der Waals surface area contributed by atoms with E-state index in [1.165, 1.54) is 31.5 Å². The van der Waals surface area contributed by atoms with Gasteiger partial charge in [-0.2, -0.15) is 0 Å². The lowest BCUT2D eigenvalue weighted by atomic mass is 10.00. The summed E-state index contributed by atoms with van der Waals surface area (Å²) in [5.74, 6) is 1.77. The maximum absolute atomic E-state index is 6.51. The van der Waals surface area contributed by atoms with E-state index < -0.39 is 8.07 Å². The summed E-state index contributed by atoms with van der Waals surface area (Å²) in [6.45, 7) is 0. The Morgan fingerprint density at radius 3 is 1.38 bits per heavy atom. The summed E-state index contributed by atoms with van der Waals surface area (Å²) in [7, 11) is -2.76. The predicted octanol–water partition coefficient (Wildman–Crippen LogP) is 12.9. The molecule has 10 aromatic carbocycles. The van der Waals surface area contributed by atoms with Crippen LogP contribution in [-0.4, -0.2) is 27.6 Å². The lowest BCUT2D eigenvalue weighted by Crippen LogP contribution is -2.74. The first kappa shape index (κ1) is 40.3. The second-order valence-corrected chi connectivity index (χ2v) is 21.3. The van der Waals surface area contributed by atoms with Gasteiger partial charge in [0, 0.05) is 49.5 Å². The fourth-order valence-electron chi connectivity index (χ4n) is 10.5. The standard InChI is InChI=1S/C63H42N4OSi/c1-4-23-48(24-5-1)69(49-25-6-2-7-26-49,50-27-8-3-9-28-50)51-39-37-43(38-40-51)61-64-62(45-20-16-19-44(41-45)52-32-18-33-56-55-31-12-15-36-59(55)68-60(52)56)66-63(65-61)46-21-17-22-47(42-46)67-57-34-13-10-29-53(57)54-30-11-14-35-58(54)67/h1-42H. The van der Waals surface area contributed by atoms with Crippen molar-refractivity contribution in [3.05, 3.63) is 255 Å². The summed E-state index contributed by atoms with van der Waals surface area (Å²) in [5.41, 5.74) is 9.75. The molecule has 3 heterocycles. The van der Waals surface area contributed by atoms with Crippen LogP contribution in [0.5, 0.6) is 0 Å². The fourth-order valence-corrected chi connectivity index (χ4v) is 15.2. The minimum atomic E-state index is -2.76. The van der Waals surface area contributed by atoms with Crippen molar-refractivity contribution >= 4 is 72.6 Å². The lowest BCUT2D eigenvalue weighted by molar-refractivity contribution is 0.670. The van der Waals surface area contributed by atoms with Gasteiger partial charge >= 0.3 is 0 Å². The molecule has 0 spiro atoms. The van der Waals surface area contributed by atoms with Crippen LogP contribution >= 0.6 is 0 Å². The number of furan rings is 1. The second kappa shape index (κ2) is 16.7. The number of nitrogens with zero attached hydrogens (tertiary/aromatic N) is 4. The van der Waals surface area contributed by atoms with E-state index in [4.69, 9.17) is 19.4 Å². The van der Waals surface area contributed by atoms with Crippen molar-refractivity contribution in [1.82, 2.24) is 19.5 Å². The van der Waals surface area contributed by atoms with Crippen molar-refractivity contribution in [2.75, 3.05) is 0 Å². The Labute approximate surface area is 400 Å². The van der Waals surface area contributed by atoms with Gasteiger partial charge in [-0.05, 0) is 62.7 Å². The molecule has 0 amide bonds. The summed E-state index contributed by atoms with van der Waals surface area (Å²) in [6.07, 6.45) is 0. The third kappa shape index (κ3) is 6.80. The van der Waals surface area contributed by atoms with Crippen molar-refractivity contribution in [2.45, 2.75) is 0 Å². The molecular formula is C63H42N4OSi. The highest BCUT2D eigenvalue weighted by Crippen LogP contribution is 2.38. The van der Waals surface area contributed by atoms with Crippen LogP contribution in [0.4, 0.5) is 0 Å². The largest absolute Gasteiger partial charge is 0.455 e. The van der Waals surface area contributed by atoms with E-state index in [9.17, 15) is 0 Å². The summed E-state index contributed by atoms with van der Waals surface area (Å²) < 4.78 is 8.84. The molecule has 0 N–H and O–H groups in total. The first-order chi connectivity index (χ1) is 34.2. The van der Waals surface area contributed by atoms with Gasteiger partial charge in [0.25, 0.3) is 0 Å². The minimum Gasteiger partial charge on any atom is -0.455 e. The van der Waals surface area contributed by atoms with Gasteiger partial charge in [0.05, 0.1) is 11.0 Å². The molecule has 0 fully saturated rings. The van der Waals surface area contributed by atoms with Crippen molar-refractivity contribution in [1.29, 1.82) is 0 Å². The van der Waals surface area contributed by atoms with Crippen molar-refractivity contribution < 1.29 is 4.42 Å². The van der Waals surface area contributed by atoms with Crippen LogP contribution in [0.25, 0.3) is 94.7 Å². The topological polar surface area (TPSA) is 56.7 Å². The van der Waals surface area contributed by atoms with Crippen LogP contribution in [0.3, 0.4) is 0 Å². The highest BCUT2D eigenvalue weighted by atomic mass is 28.3. The SMILES string of the molecule is c1ccc([Si](c2ccccc2)(c2ccccc2)c2ccc(-c3nc(-c4cccc(-c5cccc6c5oc5ccccc56)c4)nc(-c4cccc(-n5c6ccccc6c6ccccc65)c4)n3)cc2)cc1. The zero-order valence-electron chi connectivity index (χ0n) is 37.4. The zero-order chi connectivity index (χ0) is 45.7. The van der Waals surface area contributed by atoms with E-state index in [1.54, 1.807) is 0 Å². The molecule has 0 saturated carbocycles. The Bertz CT molecular complexity index is 3860. The Balaban J connectivity index is 0.988. The van der Waals surface area contributed by atoms with Gasteiger partial charge in [0.1, 0.15) is 11.2 Å². The third-order valence-corrected chi connectivity index (χ3v) is 18.4. The molecular weight excluding hydrogens is 857 g/mol. The normalized spacial score (nSPS) is 11.8. The first-order valence-electron chi connectivity index (χ1n) is 23.3. The number of hydrogen-bond donors (Lipinski definition) is 0. The van der Waals surface area contributed by atoms with E-state index in [2.05, 4.69) is 247 Å². The van der Waals surface area contributed by atoms with E-state index >= 15 is 0 Å². The molecule has 13 aromatic rings. The monoisotopic (exact) mass is 898 g/mol. The van der Waals surface area contributed by atoms with E-state index in [-0.39, 0.29) is 0 Å². The second-order valence-electron chi connectivity index (χ2n) is 17.5. The number of para-hydroxylation sites is 4. The average Bonchev–Trinajstić information content (AvgIpc) is 3.98. The number of aromatic nitrogens is 4. The van der Waals surface area contributed by atoms with Crippen LogP contribution < -0.4 is 20.7 Å². The van der Waals surface area contributed by atoms with Crippen molar-refractivity contribution in [3.8, 4) is 51.0 Å². The summed E-state index contributed by atoms with van der Waals surface area (Å²) in [6, 6.07) is 90.8. The van der Waals surface area contributed by atoms with Gasteiger partial charge < -0.3 is 8.98 Å². The minimum absolute atomic E-state index is 0.585. The van der Waals surface area contributed by atoms with Gasteiger partial charge in [-0.15, -0.1) is 0 Å². The van der Waals surface area contributed by atoms with Crippen molar-refractivity contribution in [3.63, 3.8) is 0 Å². The maximum Gasteiger partial charge on any atom is 0.179 e. The van der Waals surface area contributed by atoms with Gasteiger partial charge in [0.15, 0.2) is 25.5 Å². The molecule has 5 nitrogen and oxygen atoms in total. The average molecular weight is 899 g/mol. The smallest absolute Gasteiger partial charge is 0.179 e. The number of rotatable bonds is 9. The lowest BCUT2D eigenvalue weighted by Gasteiger charge is -2.34. The van der Waals surface area contributed by atoms with E-state index in [0.29, 0.717) is 17.5 Å². The molecule has 0 saturated heterocycles. The number of fused-ring (bicyclic) bond motifs is 6. The Morgan fingerprint density at radius 2 is 0.768 bits per heavy atom. The fraction of sp³-hybridized carbons (Fsp3) is 0. The molecule has 69 heavy (non-hydrogen) atoms. The van der Waals surface area contributed by atoms with Crippen LogP contribution in [0.15, 0.2) is 259 Å². The third-order valence-electron chi connectivity index (χ3n) is 13.6. The maximum atomic E-state index is 6.51. The predicted molar refractivity (Wildman–Crippen MR) is 287 cm³/mol. The molecule has 0 unspecified atom stereocenters. The molecule has 0 bridgehead atoms. The first-order valence-corrected chi connectivity index (χ1v) is 25.3. The molecule has 0 atom stereocenters. The molecule has 0 aliphatic heterocycles. The Hall–Kier alpha value is -8.97. The molecule has 0 radical (unpaired) electrons. The molecule has 0 aliphatic carbocycles. The molecule has 3 aromatic heterocycles. The zero-order valence-corrected chi connectivity index (χ0v) is 38.4. The summed E-state index contributed by atoms with van der Waals surface area (Å²) in [4.78, 5) is 15.9. The quantitative estimate of drug-likeness (QED) is 0.107. The van der Waals surface area contributed by atoms with E-state index in [1.807, 2.05) is 12.1 Å². The number of hydrogen-bond acceptors (Lipinski definition) is 4. The molecule has 324 valence electrons. The Kier molecular flexibility index (Phi) is 9.77. The van der Waals surface area contributed by atoms with E-state index in [0.717, 1.165) is 66.5 Å². The van der Waals surface area contributed by atoms with Crippen molar-refractivity contribution in [2.24, 2.45) is 0 Å². The molecule has 0 aliphatic rings. The van der Waals surface area contributed by atoms with Gasteiger partial charge in [0.2, 0.25) is 0 Å². The van der Waals surface area contributed by atoms with Crippen LogP contribution in [-0.2, 0) is 0 Å². The van der Waals surface area contributed by atoms with Crippen LogP contribution in [0.2, 0.25) is 0 Å². The highest BCUT2D eigenvalue weighted by Gasteiger charge is 2.41. The molecule has 13 rings (SSSR count). The van der Waals surface area contributed by atoms with Gasteiger partial charge in [-0.3, -0.25) is 0 Å². The summed E-state index contributed by atoms with van der Waals surface area (Å²) in [5, 5.41) is 9.85. The highest BCUT2D eigenvalue weighted by molar-refractivity contribution is 7.19.